The first-order valence-electron chi connectivity index (χ1n) is 9.85. The molecule has 0 saturated carbocycles. The van der Waals surface area contributed by atoms with Gasteiger partial charge in [-0.3, -0.25) is 19.7 Å². The van der Waals surface area contributed by atoms with Gasteiger partial charge in [-0.25, -0.2) is 9.18 Å². The molecule has 0 saturated heterocycles. The van der Waals surface area contributed by atoms with Gasteiger partial charge in [-0.2, -0.15) is 0 Å². The average Bonchev–Trinajstić information content (AvgIpc) is 2.77. The van der Waals surface area contributed by atoms with Crippen LogP contribution < -0.4 is 15.4 Å². The van der Waals surface area contributed by atoms with Crippen molar-refractivity contribution in [2.45, 2.75) is 31.8 Å². The van der Waals surface area contributed by atoms with Gasteiger partial charge in [0.1, 0.15) is 17.9 Å². The van der Waals surface area contributed by atoms with Gasteiger partial charge in [0.15, 0.2) is 5.75 Å². The Morgan fingerprint density at radius 1 is 1.03 bits per heavy atom. The Balaban J connectivity index is 2.25. The number of carbonyl (C=O) groups is 3. The van der Waals surface area contributed by atoms with E-state index in [0.717, 1.165) is 7.11 Å². The van der Waals surface area contributed by atoms with Crippen LogP contribution in [0.2, 0.25) is 0 Å². The van der Waals surface area contributed by atoms with E-state index < -0.39 is 40.6 Å². The molecule has 2 aromatic carbocycles. The van der Waals surface area contributed by atoms with Crippen molar-refractivity contribution < 1.29 is 33.2 Å². The van der Waals surface area contributed by atoms with Crippen molar-refractivity contribution in [1.82, 2.24) is 10.6 Å². The lowest BCUT2D eigenvalue weighted by atomic mass is 10.0. The number of amides is 2. The monoisotopic (exact) mass is 461 g/mol. The van der Waals surface area contributed by atoms with Gasteiger partial charge < -0.3 is 20.1 Å². The lowest BCUT2D eigenvalue weighted by Gasteiger charge is -2.22. The smallest absolute Gasteiger partial charge is 0.328 e. The van der Waals surface area contributed by atoms with E-state index in [1.165, 1.54) is 50.4 Å². The third-order valence-corrected chi connectivity index (χ3v) is 4.70. The number of rotatable bonds is 10. The van der Waals surface area contributed by atoms with E-state index in [1.54, 1.807) is 6.07 Å². The van der Waals surface area contributed by atoms with Crippen LogP contribution >= 0.6 is 0 Å². The molecule has 0 aromatic heterocycles. The molecule has 0 aliphatic carbocycles. The molecular weight excluding hydrogens is 437 g/mol. The highest BCUT2D eigenvalue weighted by atomic mass is 19.1. The normalized spacial score (nSPS) is 12.2. The van der Waals surface area contributed by atoms with Crippen LogP contribution in [0.1, 0.15) is 18.1 Å². The van der Waals surface area contributed by atoms with Crippen LogP contribution in [-0.4, -0.2) is 49.0 Å². The van der Waals surface area contributed by atoms with Gasteiger partial charge in [-0.1, -0.05) is 18.2 Å². The zero-order valence-electron chi connectivity index (χ0n) is 18.3. The third kappa shape index (κ3) is 7.27. The molecule has 2 amide bonds. The molecule has 0 aliphatic heterocycles. The zero-order valence-corrected chi connectivity index (χ0v) is 18.3. The van der Waals surface area contributed by atoms with E-state index in [0.29, 0.717) is 11.1 Å². The van der Waals surface area contributed by atoms with Gasteiger partial charge in [0.25, 0.3) is 0 Å². The standard InChI is InChI=1S/C22H24FN3O7/c1-13(27)24-17(10-14-5-4-6-16(23)9-14)21(28)25-18(22(29)33-3)11-15-7-8-20(32-2)19(12-15)26(30)31/h4-9,12,17-18H,10-11H2,1-3H3,(H,24,27)(H,25,28)/t17-,18+/m1/s1. The minimum Gasteiger partial charge on any atom is -0.490 e. The average molecular weight is 461 g/mol. The molecule has 0 radical (unpaired) electrons. The first-order chi connectivity index (χ1) is 15.6. The van der Waals surface area contributed by atoms with Crippen molar-refractivity contribution in [1.29, 1.82) is 0 Å². The lowest BCUT2D eigenvalue weighted by Crippen LogP contribution is -2.53. The lowest BCUT2D eigenvalue weighted by molar-refractivity contribution is -0.385. The number of nitrogens with zero attached hydrogens (tertiary/aromatic N) is 1. The molecule has 2 N–H and O–H groups in total. The number of halogens is 1. The minimum atomic E-state index is -1.20. The molecule has 10 nitrogen and oxygen atoms in total. The Hall–Kier alpha value is -4.02. The summed E-state index contributed by atoms with van der Waals surface area (Å²) in [4.78, 5) is 47.5. The molecule has 11 heteroatoms. The van der Waals surface area contributed by atoms with Gasteiger partial charge in [0.2, 0.25) is 11.8 Å². The molecule has 0 aliphatic rings. The Kier molecular flexibility index (Phi) is 8.84. The largest absolute Gasteiger partial charge is 0.490 e. The number of hydrogen-bond acceptors (Lipinski definition) is 7. The summed E-state index contributed by atoms with van der Waals surface area (Å²) in [7, 11) is 2.43. The summed E-state index contributed by atoms with van der Waals surface area (Å²) in [5.74, 6) is -2.43. The van der Waals surface area contributed by atoms with E-state index >= 15 is 0 Å². The minimum absolute atomic E-state index is 0.0227. The summed E-state index contributed by atoms with van der Waals surface area (Å²) >= 11 is 0. The van der Waals surface area contributed by atoms with E-state index in [2.05, 4.69) is 10.6 Å². The third-order valence-electron chi connectivity index (χ3n) is 4.70. The quantitative estimate of drug-likeness (QED) is 0.312. The summed E-state index contributed by atoms with van der Waals surface area (Å²) in [6.07, 6.45) is -0.138. The molecule has 2 atom stereocenters. The number of nitro benzene ring substituents is 1. The fraction of sp³-hybridized carbons (Fsp3) is 0.318. The second-order valence-electron chi connectivity index (χ2n) is 7.14. The number of nitrogens with one attached hydrogen (secondary N) is 2. The number of esters is 1. The molecule has 0 heterocycles. The van der Waals surface area contributed by atoms with Crippen LogP contribution in [0.25, 0.3) is 0 Å². The van der Waals surface area contributed by atoms with Gasteiger partial charge >= 0.3 is 11.7 Å². The molecule has 33 heavy (non-hydrogen) atoms. The van der Waals surface area contributed by atoms with Crippen molar-refractivity contribution in [2.75, 3.05) is 14.2 Å². The zero-order chi connectivity index (χ0) is 24.5. The Bertz CT molecular complexity index is 1040. The van der Waals surface area contributed by atoms with Gasteiger partial charge in [0.05, 0.1) is 19.1 Å². The number of benzene rings is 2. The van der Waals surface area contributed by atoms with Crippen LogP contribution in [0.15, 0.2) is 42.5 Å². The Morgan fingerprint density at radius 3 is 2.27 bits per heavy atom. The second kappa shape index (κ2) is 11.6. The highest BCUT2D eigenvalue weighted by Gasteiger charge is 2.28. The maximum Gasteiger partial charge on any atom is 0.328 e. The summed E-state index contributed by atoms with van der Waals surface area (Å²) in [5.41, 5.74) is 0.538. The number of hydrogen-bond donors (Lipinski definition) is 2. The topological polar surface area (TPSA) is 137 Å². The summed E-state index contributed by atoms with van der Waals surface area (Å²) < 4.78 is 23.2. The van der Waals surface area contributed by atoms with Crippen molar-refractivity contribution in [3.8, 4) is 5.75 Å². The fourth-order valence-electron chi connectivity index (χ4n) is 3.20. The Morgan fingerprint density at radius 2 is 1.70 bits per heavy atom. The highest BCUT2D eigenvalue weighted by molar-refractivity contribution is 5.90. The van der Waals surface area contributed by atoms with Crippen LogP contribution in [0, 0.1) is 15.9 Å². The first kappa shape index (κ1) is 25.2. The van der Waals surface area contributed by atoms with Crippen molar-refractivity contribution in [3.05, 3.63) is 69.5 Å². The van der Waals surface area contributed by atoms with E-state index in [-0.39, 0.29) is 24.3 Å². The molecule has 2 rings (SSSR count). The number of methoxy groups -OCH3 is 2. The summed E-state index contributed by atoms with van der Waals surface area (Å²) in [6, 6.07) is 7.40. The number of carbonyl (C=O) groups excluding carboxylic acids is 3. The van der Waals surface area contributed by atoms with Gasteiger partial charge in [-0.05, 0) is 29.3 Å². The predicted octanol–water partition coefficient (Wildman–Crippen LogP) is 1.69. The van der Waals surface area contributed by atoms with Crippen LogP contribution in [0.5, 0.6) is 5.75 Å². The van der Waals surface area contributed by atoms with Crippen molar-refractivity contribution >= 4 is 23.5 Å². The first-order valence-corrected chi connectivity index (χ1v) is 9.85. The molecule has 0 bridgehead atoms. The molecule has 0 fully saturated rings. The summed E-state index contributed by atoms with van der Waals surface area (Å²) in [5, 5.41) is 16.3. The molecule has 176 valence electrons. The molecular formula is C22H24FN3O7. The van der Waals surface area contributed by atoms with Crippen molar-refractivity contribution in [3.63, 3.8) is 0 Å². The molecule has 2 aromatic rings. The van der Waals surface area contributed by atoms with Crippen LogP contribution in [-0.2, 0) is 32.0 Å². The summed E-state index contributed by atoms with van der Waals surface area (Å²) in [6.45, 7) is 1.22. The maximum atomic E-state index is 13.5. The maximum absolute atomic E-state index is 13.5. The van der Waals surface area contributed by atoms with Gasteiger partial charge in [-0.15, -0.1) is 0 Å². The van der Waals surface area contributed by atoms with Crippen LogP contribution in [0.4, 0.5) is 10.1 Å². The highest BCUT2D eigenvalue weighted by Crippen LogP contribution is 2.28. The fourth-order valence-corrected chi connectivity index (χ4v) is 3.20. The van der Waals surface area contributed by atoms with E-state index in [9.17, 15) is 28.9 Å². The molecule has 0 unspecified atom stereocenters. The predicted molar refractivity (Wildman–Crippen MR) is 115 cm³/mol. The van der Waals surface area contributed by atoms with E-state index in [4.69, 9.17) is 9.47 Å². The number of ether oxygens (including phenoxy) is 2. The number of nitro groups is 1. The van der Waals surface area contributed by atoms with Gasteiger partial charge in [0, 0.05) is 25.8 Å². The second-order valence-corrected chi connectivity index (χ2v) is 7.14. The van der Waals surface area contributed by atoms with Crippen LogP contribution in [0.3, 0.4) is 0 Å². The SMILES string of the molecule is COC(=O)[C@H](Cc1ccc(OC)c([N+](=O)[O-])c1)NC(=O)[C@@H](Cc1cccc(F)c1)NC(C)=O. The molecule has 0 spiro atoms. The van der Waals surface area contributed by atoms with E-state index in [1.807, 2.05) is 0 Å². The van der Waals surface area contributed by atoms with Crippen molar-refractivity contribution in [2.24, 2.45) is 0 Å². The Labute approximate surface area is 189 Å².